The lowest BCUT2D eigenvalue weighted by atomic mass is 9.84. The summed E-state index contributed by atoms with van der Waals surface area (Å²) in [5.41, 5.74) is 3.77. The van der Waals surface area contributed by atoms with Gasteiger partial charge in [-0.25, -0.2) is 4.79 Å². The summed E-state index contributed by atoms with van der Waals surface area (Å²) in [6, 6.07) is 6.11. The number of carbonyl (C=O) groups excluding carboxylic acids is 1. The molecule has 3 atom stereocenters. The van der Waals surface area contributed by atoms with Gasteiger partial charge in [-0.05, 0) is 66.2 Å². The van der Waals surface area contributed by atoms with E-state index in [4.69, 9.17) is 16.7 Å². The quantitative estimate of drug-likeness (QED) is 0.565. The Morgan fingerprint density at radius 3 is 2.68 bits per heavy atom. The van der Waals surface area contributed by atoms with Crippen LogP contribution < -0.4 is 5.32 Å². The monoisotopic (exact) mass is 446 g/mol. The highest BCUT2D eigenvalue weighted by Gasteiger charge is 2.36. The van der Waals surface area contributed by atoms with Gasteiger partial charge < -0.3 is 15.3 Å². The van der Waals surface area contributed by atoms with Crippen LogP contribution in [0.15, 0.2) is 30.0 Å². The summed E-state index contributed by atoms with van der Waals surface area (Å²) in [6.45, 7) is 9.13. The van der Waals surface area contributed by atoms with Crippen LogP contribution in [0, 0.1) is 11.3 Å². The van der Waals surface area contributed by atoms with Gasteiger partial charge in [0.25, 0.3) is 0 Å². The van der Waals surface area contributed by atoms with E-state index in [0.29, 0.717) is 5.92 Å². The minimum absolute atomic E-state index is 0.0630. The maximum absolute atomic E-state index is 12.7. The van der Waals surface area contributed by atoms with Crippen molar-refractivity contribution in [2.45, 2.75) is 78.2 Å². The molecule has 3 rings (SSSR count). The number of carboxylic acids is 1. The first kappa shape index (κ1) is 23.6. The Labute approximate surface area is 190 Å². The standard InChI is InChI=1S/C25H35ClN2O3/c1-16-5-8-20(18-7-6-17(21(26)14-18)9-11-25(2,3)4)23-19(13-16)15-28(24(31)27-23)12-10-22(29)30/h6-7,14-16,20,23H,5,8-13H2,1-4H3,(H,27,31)(H,29,30). The van der Waals surface area contributed by atoms with Crippen LogP contribution in [-0.4, -0.2) is 34.6 Å². The molecule has 31 heavy (non-hydrogen) atoms. The summed E-state index contributed by atoms with van der Waals surface area (Å²) in [6.07, 6.45) is 6.82. The fraction of sp³-hybridized carbons (Fsp3) is 0.600. The number of carboxylic acid groups (broad SMARTS) is 1. The van der Waals surface area contributed by atoms with Gasteiger partial charge in [-0.1, -0.05) is 51.4 Å². The molecule has 0 aromatic heterocycles. The summed E-state index contributed by atoms with van der Waals surface area (Å²) in [7, 11) is 0. The molecule has 170 valence electrons. The smallest absolute Gasteiger partial charge is 0.321 e. The summed E-state index contributed by atoms with van der Waals surface area (Å²) in [5, 5.41) is 12.9. The third-order valence-electron chi connectivity index (χ3n) is 6.43. The molecule has 0 bridgehead atoms. The predicted octanol–water partition coefficient (Wildman–Crippen LogP) is 5.97. The second-order valence-corrected chi connectivity index (χ2v) is 10.8. The summed E-state index contributed by atoms with van der Waals surface area (Å²) in [4.78, 5) is 25.1. The molecule has 1 aliphatic carbocycles. The van der Waals surface area contributed by atoms with Crippen LogP contribution in [0.3, 0.4) is 0 Å². The van der Waals surface area contributed by atoms with Gasteiger partial charge in [0, 0.05) is 23.7 Å². The lowest BCUT2D eigenvalue weighted by molar-refractivity contribution is -0.137. The molecular weight excluding hydrogens is 412 g/mol. The molecule has 2 aliphatic rings. The van der Waals surface area contributed by atoms with E-state index in [1.54, 1.807) is 0 Å². The molecule has 2 N–H and O–H groups in total. The number of fused-ring (bicyclic) bond motifs is 1. The molecule has 2 amide bonds. The van der Waals surface area contributed by atoms with Gasteiger partial charge in [-0.2, -0.15) is 0 Å². The maximum atomic E-state index is 12.7. The number of nitrogens with one attached hydrogen (secondary N) is 1. The van der Waals surface area contributed by atoms with Crippen LogP contribution in [0.2, 0.25) is 5.02 Å². The van der Waals surface area contributed by atoms with Gasteiger partial charge in [-0.3, -0.25) is 4.79 Å². The first-order valence-corrected chi connectivity index (χ1v) is 11.7. The van der Waals surface area contributed by atoms with E-state index in [0.717, 1.165) is 42.7 Å². The van der Waals surface area contributed by atoms with E-state index >= 15 is 0 Å². The van der Waals surface area contributed by atoms with Gasteiger partial charge in [0.2, 0.25) is 0 Å². The fourth-order valence-corrected chi connectivity index (χ4v) is 4.85. The zero-order valence-electron chi connectivity index (χ0n) is 19.1. The Morgan fingerprint density at radius 2 is 2.03 bits per heavy atom. The first-order valence-electron chi connectivity index (χ1n) is 11.3. The molecule has 1 saturated carbocycles. The number of hydrogen-bond acceptors (Lipinski definition) is 2. The Balaban J connectivity index is 1.84. The molecule has 1 aliphatic heterocycles. The summed E-state index contributed by atoms with van der Waals surface area (Å²) < 4.78 is 0. The minimum Gasteiger partial charge on any atom is -0.481 e. The van der Waals surface area contributed by atoms with Crippen LogP contribution in [-0.2, 0) is 11.2 Å². The molecular formula is C25H35ClN2O3. The van der Waals surface area contributed by atoms with Crippen molar-refractivity contribution in [2.24, 2.45) is 11.3 Å². The number of rotatable bonds is 6. The van der Waals surface area contributed by atoms with Crippen molar-refractivity contribution in [3.05, 3.63) is 46.1 Å². The molecule has 1 heterocycles. The normalized spacial score (nSPS) is 24.2. The van der Waals surface area contributed by atoms with E-state index < -0.39 is 5.97 Å². The number of aryl methyl sites for hydroxylation is 1. The average molecular weight is 447 g/mol. The Bertz CT molecular complexity index is 859. The van der Waals surface area contributed by atoms with Gasteiger partial charge in [0.1, 0.15) is 0 Å². The zero-order valence-corrected chi connectivity index (χ0v) is 19.8. The fourth-order valence-electron chi connectivity index (χ4n) is 4.57. The second-order valence-electron chi connectivity index (χ2n) is 10.4. The van der Waals surface area contributed by atoms with E-state index in [2.05, 4.69) is 51.2 Å². The third-order valence-corrected chi connectivity index (χ3v) is 6.79. The highest BCUT2D eigenvalue weighted by molar-refractivity contribution is 6.31. The van der Waals surface area contributed by atoms with Crippen molar-refractivity contribution in [1.29, 1.82) is 0 Å². The first-order chi connectivity index (χ1) is 14.5. The maximum Gasteiger partial charge on any atom is 0.321 e. The third kappa shape index (κ3) is 6.25. The van der Waals surface area contributed by atoms with Crippen LogP contribution in [0.1, 0.15) is 76.8 Å². The zero-order chi connectivity index (χ0) is 22.8. The molecule has 3 unspecified atom stereocenters. The number of carbonyl (C=O) groups is 2. The van der Waals surface area contributed by atoms with Crippen molar-refractivity contribution in [3.63, 3.8) is 0 Å². The molecule has 1 fully saturated rings. The Kier molecular flexibility index (Phi) is 7.35. The number of amides is 2. The number of urea groups is 1. The second kappa shape index (κ2) is 9.64. The molecule has 1 aromatic rings. The number of aliphatic carboxylic acids is 1. The molecule has 6 heteroatoms. The van der Waals surface area contributed by atoms with Crippen LogP contribution in [0.4, 0.5) is 4.79 Å². The summed E-state index contributed by atoms with van der Waals surface area (Å²) in [5.74, 6) is -0.228. The SMILES string of the molecule is CC1CCC(c2ccc(CCC(C)(C)C)c(Cl)c2)C2NC(=O)N(CCC(=O)O)C=C2C1. The van der Waals surface area contributed by atoms with Crippen molar-refractivity contribution >= 4 is 23.6 Å². The van der Waals surface area contributed by atoms with Gasteiger partial charge in [0.05, 0.1) is 12.5 Å². The lowest BCUT2D eigenvalue weighted by Gasteiger charge is -2.36. The molecule has 1 aromatic carbocycles. The van der Waals surface area contributed by atoms with Crippen LogP contribution >= 0.6 is 11.6 Å². The van der Waals surface area contributed by atoms with Crippen molar-refractivity contribution < 1.29 is 14.7 Å². The average Bonchev–Trinajstić information content (AvgIpc) is 2.82. The van der Waals surface area contributed by atoms with Crippen molar-refractivity contribution in [2.75, 3.05) is 6.54 Å². The topological polar surface area (TPSA) is 69.6 Å². The lowest BCUT2D eigenvalue weighted by Crippen LogP contribution is -2.50. The number of halogens is 1. The minimum atomic E-state index is -0.901. The number of nitrogens with zero attached hydrogens (tertiary/aromatic N) is 1. The number of hydrogen-bond donors (Lipinski definition) is 2. The van der Waals surface area contributed by atoms with Gasteiger partial charge in [-0.15, -0.1) is 0 Å². The van der Waals surface area contributed by atoms with Crippen molar-refractivity contribution in [1.82, 2.24) is 10.2 Å². The van der Waals surface area contributed by atoms with Crippen LogP contribution in [0.25, 0.3) is 0 Å². The molecule has 5 nitrogen and oxygen atoms in total. The highest BCUT2D eigenvalue weighted by atomic mass is 35.5. The van der Waals surface area contributed by atoms with Crippen molar-refractivity contribution in [3.8, 4) is 0 Å². The van der Waals surface area contributed by atoms with Gasteiger partial charge in [0.15, 0.2) is 0 Å². The highest BCUT2D eigenvalue weighted by Crippen LogP contribution is 2.40. The molecule has 0 spiro atoms. The van der Waals surface area contributed by atoms with E-state index in [1.165, 1.54) is 16.0 Å². The largest absolute Gasteiger partial charge is 0.481 e. The Morgan fingerprint density at radius 1 is 1.29 bits per heavy atom. The molecule has 0 radical (unpaired) electrons. The number of benzene rings is 1. The predicted molar refractivity (Wildman–Crippen MR) is 124 cm³/mol. The van der Waals surface area contributed by atoms with Crippen LogP contribution in [0.5, 0.6) is 0 Å². The summed E-state index contributed by atoms with van der Waals surface area (Å²) >= 11 is 6.68. The van der Waals surface area contributed by atoms with Gasteiger partial charge >= 0.3 is 12.0 Å². The van der Waals surface area contributed by atoms with E-state index in [1.807, 2.05) is 6.20 Å². The van der Waals surface area contributed by atoms with E-state index in [-0.39, 0.29) is 36.4 Å². The molecule has 0 saturated heterocycles. The Hall–Kier alpha value is -2.01. The van der Waals surface area contributed by atoms with E-state index in [9.17, 15) is 9.59 Å².